The molecule has 0 spiro atoms. The number of nitrogens with one attached hydrogen (secondary N) is 1. The maximum absolute atomic E-state index is 12.7. The topological polar surface area (TPSA) is 48.5 Å². The van der Waals surface area contributed by atoms with Crippen LogP contribution in [0.15, 0.2) is 54.9 Å². The summed E-state index contributed by atoms with van der Waals surface area (Å²) >= 11 is 0. The Morgan fingerprint density at radius 1 is 0.967 bits per heavy atom. The predicted octanol–water partition coefficient (Wildman–Crippen LogP) is 3.12. The fourth-order valence-corrected chi connectivity index (χ4v) is 4.86. The normalized spacial score (nSPS) is 21.4. The number of piperidine rings is 2. The number of hydrogen-bond donors (Lipinski definition) is 1. The van der Waals surface area contributed by atoms with Gasteiger partial charge in [-0.3, -0.25) is 19.6 Å². The quantitative estimate of drug-likeness (QED) is 0.768. The number of benzene rings is 1. The zero-order chi connectivity index (χ0) is 20.6. The van der Waals surface area contributed by atoms with Crippen molar-refractivity contribution in [3.8, 4) is 0 Å². The first-order valence-electron chi connectivity index (χ1n) is 11.4. The Morgan fingerprint density at radius 3 is 2.50 bits per heavy atom. The third-order valence-corrected chi connectivity index (χ3v) is 6.61. The summed E-state index contributed by atoms with van der Waals surface area (Å²) in [4.78, 5) is 22.0. The van der Waals surface area contributed by atoms with Gasteiger partial charge in [0.25, 0.3) is 0 Å². The highest BCUT2D eigenvalue weighted by Gasteiger charge is 2.31. The largest absolute Gasteiger partial charge is 0.355 e. The molecular formula is C25H34N4O. The second kappa shape index (κ2) is 10.7. The number of amides is 1. The van der Waals surface area contributed by atoms with Crippen molar-refractivity contribution in [2.24, 2.45) is 5.92 Å². The maximum Gasteiger partial charge on any atom is 0.224 e. The van der Waals surface area contributed by atoms with Gasteiger partial charge in [-0.05, 0) is 75.0 Å². The van der Waals surface area contributed by atoms with Gasteiger partial charge in [-0.1, -0.05) is 30.3 Å². The third-order valence-electron chi connectivity index (χ3n) is 6.61. The van der Waals surface area contributed by atoms with Gasteiger partial charge in [0.15, 0.2) is 0 Å². The lowest BCUT2D eigenvalue weighted by Crippen LogP contribution is -2.50. The van der Waals surface area contributed by atoms with Crippen LogP contribution in [0.1, 0.15) is 36.8 Å². The van der Waals surface area contributed by atoms with E-state index in [1.165, 1.54) is 24.0 Å². The Morgan fingerprint density at radius 2 is 1.73 bits per heavy atom. The first kappa shape index (κ1) is 21.0. The van der Waals surface area contributed by atoms with Gasteiger partial charge in [-0.15, -0.1) is 0 Å². The molecule has 0 bridgehead atoms. The van der Waals surface area contributed by atoms with E-state index in [1.807, 2.05) is 18.5 Å². The van der Waals surface area contributed by atoms with Crippen molar-refractivity contribution >= 4 is 5.91 Å². The molecule has 5 nitrogen and oxygen atoms in total. The molecule has 2 aliphatic heterocycles. The highest BCUT2D eigenvalue weighted by Crippen LogP contribution is 2.24. The third kappa shape index (κ3) is 5.89. The molecule has 1 aromatic heterocycles. The minimum Gasteiger partial charge on any atom is -0.355 e. The SMILES string of the molecule is O=C(NCCc1ccccc1)C1CCCN(C2CCN(Cc3ccncc3)CC2)C1. The van der Waals surface area contributed by atoms with Crippen LogP contribution in [0.3, 0.4) is 0 Å². The van der Waals surface area contributed by atoms with E-state index in [9.17, 15) is 4.79 Å². The Balaban J connectivity index is 1.20. The molecule has 1 aromatic carbocycles. The molecule has 3 heterocycles. The van der Waals surface area contributed by atoms with E-state index in [-0.39, 0.29) is 11.8 Å². The summed E-state index contributed by atoms with van der Waals surface area (Å²) in [6, 6.07) is 15.2. The predicted molar refractivity (Wildman–Crippen MR) is 120 cm³/mol. The summed E-state index contributed by atoms with van der Waals surface area (Å²) in [7, 11) is 0. The number of carbonyl (C=O) groups is 1. The minimum absolute atomic E-state index is 0.143. The van der Waals surface area contributed by atoms with Crippen molar-refractivity contribution in [1.82, 2.24) is 20.1 Å². The second-order valence-corrected chi connectivity index (χ2v) is 8.72. The number of rotatable bonds is 7. The van der Waals surface area contributed by atoms with Crippen molar-refractivity contribution in [2.45, 2.75) is 44.7 Å². The average molecular weight is 407 g/mol. The molecule has 160 valence electrons. The zero-order valence-electron chi connectivity index (χ0n) is 17.9. The number of likely N-dealkylation sites (tertiary alicyclic amines) is 2. The van der Waals surface area contributed by atoms with Gasteiger partial charge in [0, 0.05) is 38.1 Å². The maximum atomic E-state index is 12.7. The molecule has 0 radical (unpaired) electrons. The summed E-state index contributed by atoms with van der Waals surface area (Å²) in [6.45, 7) is 6.08. The van der Waals surface area contributed by atoms with Crippen LogP contribution in [-0.2, 0) is 17.8 Å². The molecule has 1 N–H and O–H groups in total. The molecule has 1 unspecified atom stereocenters. The Hall–Kier alpha value is -2.24. The Kier molecular flexibility index (Phi) is 7.49. The molecule has 2 saturated heterocycles. The second-order valence-electron chi connectivity index (χ2n) is 8.72. The first-order valence-corrected chi connectivity index (χ1v) is 11.4. The summed E-state index contributed by atoms with van der Waals surface area (Å²) in [6.07, 6.45) is 9.21. The number of hydrogen-bond acceptors (Lipinski definition) is 4. The zero-order valence-corrected chi connectivity index (χ0v) is 17.9. The van der Waals surface area contributed by atoms with Crippen molar-refractivity contribution < 1.29 is 4.79 Å². The van der Waals surface area contributed by atoms with Crippen LogP contribution in [0.5, 0.6) is 0 Å². The summed E-state index contributed by atoms with van der Waals surface area (Å²) in [5.74, 6) is 0.384. The van der Waals surface area contributed by atoms with Gasteiger partial charge in [-0.2, -0.15) is 0 Å². The van der Waals surface area contributed by atoms with Gasteiger partial charge in [0.1, 0.15) is 0 Å². The van der Waals surface area contributed by atoms with E-state index in [1.54, 1.807) is 0 Å². The molecule has 4 rings (SSSR count). The fourth-order valence-electron chi connectivity index (χ4n) is 4.86. The smallest absolute Gasteiger partial charge is 0.224 e. The summed E-state index contributed by atoms with van der Waals surface area (Å²) in [5.41, 5.74) is 2.62. The molecular weight excluding hydrogens is 372 g/mol. The van der Waals surface area contributed by atoms with Gasteiger partial charge in [-0.25, -0.2) is 0 Å². The van der Waals surface area contributed by atoms with E-state index < -0.39 is 0 Å². The van der Waals surface area contributed by atoms with E-state index >= 15 is 0 Å². The summed E-state index contributed by atoms with van der Waals surface area (Å²) in [5, 5.41) is 3.18. The van der Waals surface area contributed by atoms with Crippen LogP contribution < -0.4 is 5.32 Å². The monoisotopic (exact) mass is 406 g/mol. The molecule has 0 saturated carbocycles. The van der Waals surface area contributed by atoms with Crippen LogP contribution in [0.2, 0.25) is 0 Å². The molecule has 30 heavy (non-hydrogen) atoms. The van der Waals surface area contributed by atoms with E-state index in [0.717, 1.165) is 58.5 Å². The summed E-state index contributed by atoms with van der Waals surface area (Å²) < 4.78 is 0. The average Bonchev–Trinajstić information content (AvgIpc) is 2.81. The van der Waals surface area contributed by atoms with Crippen molar-refractivity contribution in [2.75, 3.05) is 32.7 Å². The van der Waals surface area contributed by atoms with Gasteiger partial charge in [0.05, 0.1) is 5.92 Å². The standard InChI is InChI=1S/C25H34N4O/c30-25(27-15-10-21-5-2-1-3-6-21)23-7-4-16-29(20-23)24-11-17-28(18-12-24)19-22-8-13-26-14-9-22/h1-3,5-6,8-9,13-14,23-24H,4,7,10-12,15-20H2,(H,27,30). The van der Waals surface area contributed by atoms with Gasteiger partial charge < -0.3 is 5.32 Å². The Labute approximate surface area is 180 Å². The fraction of sp³-hybridized carbons (Fsp3) is 0.520. The van der Waals surface area contributed by atoms with Crippen LogP contribution >= 0.6 is 0 Å². The molecule has 5 heteroatoms. The lowest BCUT2D eigenvalue weighted by Gasteiger charge is -2.42. The number of pyridine rings is 1. The first-order chi connectivity index (χ1) is 14.8. The number of carbonyl (C=O) groups excluding carboxylic acids is 1. The van der Waals surface area contributed by atoms with Crippen LogP contribution in [0.25, 0.3) is 0 Å². The Bertz CT molecular complexity index is 774. The van der Waals surface area contributed by atoms with E-state index in [4.69, 9.17) is 0 Å². The minimum atomic E-state index is 0.143. The van der Waals surface area contributed by atoms with Crippen molar-refractivity contribution in [1.29, 1.82) is 0 Å². The van der Waals surface area contributed by atoms with Gasteiger partial charge in [0.2, 0.25) is 5.91 Å². The molecule has 2 aliphatic rings. The van der Waals surface area contributed by atoms with Crippen LogP contribution in [0.4, 0.5) is 0 Å². The van der Waals surface area contributed by atoms with E-state index in [2.05, 4.69) is 56.5 Å². The molecule has 1 atom stereocenters. The lowest BCUT2D eigenvalue weighted by atomic mass is 9.93. The van der Waals surface area contributed by atoms with Crippen LogP contribution in [0, 0.1) is 5.92 Å². The molecule has 1 amide bonds. The number of nitrogens with zero attached hydrogens (tertiary/aromatic N) is 3. The van der Waals surface area contributed by atoms with Crippen molar-refractivity contribution in [3.63, 3.8) is 0 Å². The van der Waals surface area contributed by atoms with E-state index in [0.29, 0.717) is 6.04 Å². The lowest BCUT2D eigenvalue weighted by molar-refractivity contribution is -0.127. The van der Waals surface area contributed by atoms with Crippen LogP contribution in [-0.4, -0.2) is 59.5 Å². The van der Waals surface area contributed by atoms with Gasteiger partial charge >= 0.3 is 0 Å². The number of aromatic nitrogens is 1. The molecule has 2 fully saturated rings. The van der Waals surface area contributed by atoms with Crippen molar-refractivity contribution in [3.05, 3.63) is 66.0 Å². The molecule has 2 aromatic rings. The highest BCUT2D eigenvalue weighted by molar-refractivity contribution is 5.79. The molecule has 0 aliphatic carbocycles. The highest BCUT2D eigenvalue weighted by atomic mass is 16.1.